The van der Waals surface area contributed by atoms with Gasteiger partial charge in [-0.1, -0.05) is 6.92 Å². The van der Waals surface area contributed by atoms with E-state index in [0.717, 1.165) is 0 Å². The smallest absolute Gasteiger partial charge is 0.207 e. The summed E-state index contributed by atoms with van der Waals surface area (Å²) in [5.74, 6) is 0.229. The Morgan fingerprint density at radius 1 is 1.43 bits per heavy atom. The average Bonchev–Trinajstić information content (AvgIpc) is 2.46. The van der Waals surface area contributed by atoms with Crippen LogP contribution in [0.5, 0.6) is 0 Å². The largest absolute Gasteiger partial charge is 0.243 e. The summed E-state index contributed by atoms with van der Waals surface area (Å²) in [7, 11) is -2.19. The molecule has 0 saturated carbocycles. The fraction of sp³-hybridized carbons (Fsp3) is 0.571. The lowest BCUT2D eigenvalue weighted by Gasteiger charge is -2.27. The third-order valence-electron chi connectivity index (χ3n) is 3.51. The Morgan fingerprint density at radius 3 is 2.52 bits per heavy atom. The molecule has 0 N–H and O–H groups in total. The number of nitrogens with zero attached hydrogens (tertiary/aromatic N) is 1. The van der Waals surface area contributed by atoms with Crippen molar-refractivity contribution in [1.29, 1.82) is 0 Å². The van der Waals surface area contributed by atoms with Crippen LogP contribution >= 0.6 is 23.4 Å². The Kier molecular flexibility index (Phi) is 6.97. The number of rotatable bonds is 7. The fourth-order valence-corrected chi connectivity index (χ4v) is 4.88. The summed E-state index contributed by atoms with van der Waals surface area (Å²) in [6.45, 7) is 3.42. The van der Waals surface area contributed by atoms with E-state index in [1.807, 2.05) is 13.2 Å². The van der Waals surface area contributed by atoms with Crippen LogP contribution in [0.2, 0.25) is 0 Å². The van der Waals surface area contributed by atoms with Gasteiger partial charge in [0.2, 0.25) is 10.0 Å². The number of hydrogen-bond donors (Lipinski definition) is 0. The van der Waals surface area contributed by atoms with Crippen LogP contribution in [0.15, 0.2) is 17.0 Å². The van der Waals surface area contributed by atoms with E-state index in [9.17, 15) is 12.8 Å². The molecule has 3 nitrogen and oxygen atoms in total. The zero-order chi connectivity index (χ0) is 16.2. The Bertz CT molecular complexity index is 593. The fourth-order valence-electron chi connectivity index (χ4n) is 2.08. The highest BCUT2D eigenvalue weighted by Gasteiger charge is 2.29. The summed E-state index contributed by atoms with van der Waals surface area (Å²) in [4.78, 5) is 0.000188. The lowest BCUT2D eigenvalue weighted by Crippen LogP contribution is -2.38. The van der Waals surface area contributed by atoms with Crippen LogP contribution in [0.1, 0.15) is 24.5 Å². The van der Waals surface area contributed by atoms with Gasteiger partial charge in [0.25, 0.3) is 0 Å². The van der Waals surface area contributed by atoms with Crippen molar-refractivity contribution in [2.45, 2.75) is 37.1 Å². The van der Waals surface area contributed by atoms with Crippen LogP contribution in [-0.2, 0) is 15.9 Å². The molecule has 0 saturated heterocycles. The minimum atomic E-state index is -3.74. The standard InChI is InChI=1S/C14H21ClFNO2S2/c1-5-12(9-20-4)17(3)21(18,19)14-7-11(8-15)6-13(16)10(14)2/h6-7,12H,5,8-9H2,1-4H3. The molecular weight excluding hydrogens is 333 g/mol. The van der Waals surface area contributed by atoms with Gasteiger partial charge in [0, 0.05) is 30.3 Å². The molecule has 1 unspecified atom stereocenters. The van der Waals surface area contributed by atoms with E-state index in [2.05, 4.69) is 0 Å². The van der Waals surface area contributed by atoms with Gasteiger partial charge in [0.15, 0.2) is 0 Å². The van der Waals surface area contributed by atoms with Crippen LogP contribution < -0.4 is 0 Å². The first-order valence-corrected chi connectivity index (χ1v) is 9.98. The maximum absolute atomic E-state index is 13.9. The molecule has 0 aliphatic rings. The summed E-state index contributed by atoms with van der Waals surface area (Å²) in [6.07, 6.45) is 2.63. The van der Waals surface area contributed by atoms with E-state index < -0.39 is 15.8 Å². The Morgan fingerprint density at radius 2 is 2.05 bits per heavy atom. The Hall–Kier alpha value is -0.300. The van der Waals surface area contributed by atoms with Gasteiger partial charge in [0.1, 0.15) is 5.82 Å². The first kappa shape index (κ1) is 18.7. The number of benzene rings is 1. The number of halogens is 2. The zero-order valence-electron chi connectivity index (χ0n) is 12.7. The van der Waals surface area contributed by atoms with Crippen molar-refractivity contribution in [3.63, 3.8) is 0 Å². The highest BCUT2D eigenvalue weighted by atomic mass is 35.5. The minimum absolute atomic E-state index is 0.000188. The van der Waals surface area contributed by atoms with Gasteiger partial charge < -0.3 is 0 Å². The zero-order valence-corrected chi connectivity index (χ0v) is 15.1. The van der Waals surface area contributed by atoms with Crippen LogP contribution in [0.4, 0.5) is 4.39 Å². The molecule has 0 radical (unpaired) electrons. The maximum atomic E-state index is 13.9. The topological polar surface area (TPSA) is 37.4 Å². The SMILES string of the molecule is CCC(CSC)N(C)S(=O)(=O)c1cc(CCl)cc(F)c1C. The van der Waals surface area contributed by atoms with Gasteiger partial charge in [0.05, 0.1) is 4.90 Å². The number of hydrogen-bond acceptors (Lipinski definition) is 3. The van der Waals surface area contributed by atoms with Gasteiger partial charge in [-0.25, -0.2) is 12.8 Å². The number of alkyl halides is 1. The second kappa shape index (κ2) is 7.81. The molecule has 0 fully saturated rings. The molecule has 0 aromatic heterocycles. The summed E-state index contributed by atoms with van der Waals surface area (Å²) >= 11 is 7.30. The lowest BCUT2D eigenvalue weighted by atomic mass is 10.1. The number of sulfonamides is 1. The predicted octanol–water partition coefficient (Wildman–Crippen LogP) is 3.64. The highest BCUT2D eigenvalue weighted by Crippen LogP contribution is 2.26. The van der Waals surface area contributed by atoms with Crippen molar-refractivity contribution in [3.05, 3.63) is 29.1 Å². The molecule has 1 aromatic carbocycles. The van der Waals surface area contributed by atoms with E-state index >= 15 is 0 Å². The molecule has 0 heterocycles. The van der Waals surface area contributed by atoms with E-state index in [4.69, 9.17) is 11.6 Å². The van der Waals surface area contributed by atoms with Crippen LogP contribution in [0.3, 0.4) is 0 Å². The quantitative estimate of drug-likeness (QED) is 0.702. The van der Waals surface area contributed by atoms with E-state index in [0.29, 0.717) is 17.7 Å². The summed E-state index contributed by atoms with van der Waals surface area (Å²) in [6, 6.07) is 2.62. The van der Waals surface area contributed by atoms with Crippen LogP contribution in [0.25, 0.3) is 0 Å². The molecule has 0 aliphatic heterocycles. The molecule has 0 spiro atoms. The molecule has 1 rings (SSSR count). The molecule has 0 aliphatic carbocycles. The van der Waals surface area contributed by atoms with Crippen molar-refractivity contribution < 1.29 is 12.8 Å². The molecule has 1 atom stereocenters. The molecule has 120 valence electrons. The second-order valence-electron chi connectivity index (χ2n) is 4.87. The first-order chi connectivity index (χ1) is 9.79. The van der Waals surface area contributed by atoms with E-state index in [-0.39, 0.29) is 22.4 Å². The minimum Gasteiger partial charge on any atom is -0.207 e. The third-order valence-corrected chi connectivity index (χ3v) is 6.58. The lowest BCUT2D eigenvalue weighted by molar-refractivity contribution is 0.385. The highest BCUT2D eigenvalue weighted by molar-refractivity contribution is 7.98. The number of thioether (sulfide) groups is 1. The molecular formula is C14H21ClFNO2S2. The Balaban J connectivity index is 3.33. The van der Waals surface area contributed by atoms with Crippen molar-refractivity contribution in [1.82, 2.24) is 4.31 Å². The molecule has 7 heteroatoms. The second-order valence-corrected chi connectivity index (χ2v) is 8.02. The van der Waals surface area contributed by atoms with Crippen LogP contribution in [0, 0.1) is 12.7 Å². The van der Waals surface area contributed by atoms with Gasteiger partial charge >= 0.3 is 0 Å². The van der Waals surface area contributed by atoms with Crippen molar-refractivity contribution in [2.24, 2.45) is 0 Å². The van der Waals surface area contributed by atoms with Crippen molar-refractivity contribution >= 4 is 33.4 Å². The molecule has 1 aromatic rings. The normalized spacial score (nSPS) is 13.7. The molecule has 0 amide bonds. The van der Waals surface area contributed by atoms with Crippen molar-refractivity contribution in [3.8, 4) is 0 Å². The van der Waals surface area contributed by atoms with Crippen LogP contribution in [-0.4, -0.2) is 37.8 Å². The summed E-state index contributed by atoms with van der Waals surface area (Å²) in [5.41, 5.74) is 0.597. The predicted molar refractivity (Wildman–Crippen MR) is 88.1 cm³/mol. The Labute approximate surface area is 135 Å². The first-order valence-electron chi connectivity index (χ1n) is 6.61. The maximum Gasteiger partial charge on any atom is 0.243 e. The average molecular weight is 354 g/mol. The van der Waals surface area contributed by atoms with E-state index in [1.165, 1.54) is 23.4 Å². The molecule has 21 heavy (non-hydrogen) atoms. The van der Waals surface area contributed by atoms with Gasteiger partial charge in [-0.15, -0.1) is 11.6 Å². The molecule has 0 bridgehead atoms. The monoisotopic (exact) mass is 353 g/mol. The van der Waals surface area contributed by atoms with Crippen molar-refractivity contribution in [2.75, 3.05) is 19.1 Å². The third kappa shape index (κ3) is 4.12. The van der Waals surface area contributed by atoms with Gasteiger partial charge in [-0.3, -0.25) is 0 Å². The summed E-state index contributed by atoms with van der Waals surface area (Å²) in [5, 5.41) is 0. The summed E-state index contributed by atoms with van der Waals surface area (Å²) < 4.78 is 40.8. The van der Waals surface area contributed by atoms with E-state index in [1.54, 1.807) is 18.8 Å². The van der Waals surface area contributed by atoms with Gasteiger partial charge in [-0.05, 0) is 37.3 Å². The van der Waals surface area contributed by atoms with Gasteiger partial charge in [-0.2, -0.15) is 16.1 Å².